The van der Waals surface area contributed by atoms with E-state index in [1.54, 1.807) is 0 Å². The quantitative estimate of drug-likeness (QED) is 0.102. The lowest BCUT2D eigenvalue weighted by Crippen LogP contribution is -1.96. The standard InChI is InChI=1S/C66H43N5.C50H34N4/c1-4-17-46(18-5-1)57-42-58(47-19-6-2-7-20-47)68-66(67-57)48-33-31-44(32-34-48)49-37-40-62-56(41-49)53-23-10-14-28-60(53)70(62)51-38-35-45(36-39-51)52-26-16-30-63-65(52)55-25-12-15-29-61(55)71(63)64-43-69(50-21-8-3-9-22-50)59-27-13-11-24-54(59)64;1-4-14-37(15-5-1)44-34-45(38-16-6-2-7-17-38)52-50(51-44)29-26-35-24-27-47-42(32-35)40-20-10-12-22-46(40)53(47)31-30-36-25-28-49-43(33-36)41-21-11-13-23-48(41)54(49)39-18-8-3-9-19-39/h1-43H;1-34H/b;29-26+,31-30+. The molecule has 0 N–H and O–H groups in total. The zero-order valence-electron chi connectivity index (χ0n) is 68.0. The third kappa shape index (κ3) is 13.4. The molecule has 125 heavy (non-hydrogen) atoms. The van der Waals surface area contributed by atoms with Gasteiger partial charge in [-0.15, -0.1) is 0 Å². The van der Waals surface area contributed by atoms with Crippen LogP contribution in [0.2, 0.25) is 0 Å². The lowest BCUT2D eigenvalue weighted by atomic mass is 9.99. The molecule has 0 amide bonds. The van der Waals surface area contributed by atoms with Gasteiger partial charge in [0.1, 0.15) is 0 Å². The van der Waals surface area contributed by atoms with Crippen LogP contribution in [0.25, 0.3) is 224 Å². The average molecular weight is 1600 g/mol. The van der Waals surface area contributed by atoms with E-state index in [0.29, 0.717) is 11.6 Å². The van der Waals surface area contributed by atoms with Gasteiger partial charge in [0.25, 0.3) is 0 Å². The first-order chi connectivity index (χ1) is 62.0. The smallest absolute Gasteiger partial charge is 0.160 e. The lowest BCUT2D eigenvalue weighted by molar-refractivity contribution is 1.10. The summed E-state index contributed by atoms with van der Waals surface area (Å²) in [7, 11) is 0. The fourth-order valence-electron chi connectivity index (χ4n) is 18.4. The van der Waals surface area contributed by atoms with Crippen molar-refractivity contribution < 1.29 is 0 Å². The predicted molar refractivity (Wildman–Crippen MR) is 522 cm³/mol. The summed E-state index contributed by atoms with van der Waals surface area (Å²) < 4.78 is 11.8. The number of aromatic nitrogens is 9. The summed E-state index contributed by atoms with van der Waals surface area (Å²) in [5.74, 6) is 1.37. The molecule has 17 aromatic carbocycles. The third-order valence-electron chi connectivity index (χ3n) is 24.3. The second kappa shape index (κ2) is 31.4. The van der Waals surface area contributed by atoms with E-state index in [9.17, 15) is 0 Å². The largest absolute Gasteiger partial charge is 0.316 e. The van der Waals surface area contributed by atoms with Crippen molar-refractivity contribution in [1.82, 2.24) is 42.8 Å². The van der Waals surface area contributed by atoms with Gasteiger partial charge >= 0.3 is 0 Å². The Labute approximate surface area is 721 Å². The number of hydrogen-bond acceptors (Lipinski definition) is 4. The SMILES string of the molecule is C(=C\c1nc(-c2ccccc2)cc(-c2ccccc2)n1)/c1ccc2c(c1)c1ccccc1n2/C=C/c1ccc2c(c1)c1ccccc1n2-c1ccccc1.c1ccc(-c2cc(-c3ccccc3)nc(-c3ccc(-c4ccc5c(c4)c4ccccc4n5-c4ccc(-c5cccc6c5c5ccccc5n6-c5cn(-c6ccccc6)c6ccccc56)cc4)cc3)n2)cc1. The summed E-state index contributed by atoms with van der Waals surface area (Å²) in [6.07, 6.45) is 10.8. The molecule has 24 rings (SSSR count). The summed E-state index contributed by atoms with van der Waals surface area (Å²) in [5, 5.41) is 11.0. The average Bonchev–Trinajstić information content (AvgIpc) is 1.59. The van der Waals surface area contributed by atoms with Crippen molar-refractivity contribution in [3.8, 4) is 101 Å². The van der Waals surface area contributed by atoms with Crippen LogP contribution in [0.3, 0.4) is 0 Å². The van der Waals surface area contributed by atoms with Crippen LogP contribution >= 0.6 is 0 Å². The zero-order valence-corrected chi connectivity index (χ0v) is 68.0. The first-order valence-corrected chi connectivity index (χ1v) is 42.4. The summed E-state index contributed by atoms with van der Waals surface area (Å²) in [4.78, 5) is 20.1. The number of para-hydroxylation sites is 7. The van der Waals surface area contributed by atoms with Crippen molar-refractivity contribution in [2.24, 2.45) is 0 Å². The van der Waals surface area contributed by atoms with Gasteiger partial charge in [0.05, 0.1) is 78.1 Å². The summed E-state index contributed by atoms with van der Waals surface area (Å²) in [6, 6.07) is 155. The van der Waals surface area contributed by atoms with Crippen LogP contribution in [-0.4, -0.2) is 42.8 Å². The Morgan fingerprint density at radius 2 is 0.592 bits per heavy atom. The molecular formula is C116H77N9. The molecule has 0 spiro atoms. The van der Waals surface area contributed by atoms with E-state index in [2.05, 4.69) is 436 Å². The monoisotopic (exact) mass is 1600 g/mol. The van der Waals surface area contributed by atoms with Crippen LogP contribution in [0.15, 0.2) is 443 Å². The van der Waals surface area contributed by atoms with Gasteiger partial charge in [-0.25, -0.2) is 19.9 Å². The Kier molecular flexibility index (Phi) is 18.4. The highest BCUT2D eigenvalue weighted by Crippen LogP contribution is 2.44. The van der Waals surface area contributed by atoms with Crippen molar-refractivity contribution >= 4 is 123 Å². The molecule has 0 saturated carbocycles. The molecule has 0 aliphatic carbocycles. The van der Waals surface area contributed by atoms with Crippen molar-refractivity contribution in [3.05, 3.63) is 460 Å². The highest BCUT2D eigenvalue weighted by Gasteiger charge is 2.23. The summed E-state index contributed by atoms with van der Waals surface area (Å²) in [6.45, 7) is 0. The maximum absolute atomic E-state index is 5.07. The van der Waals surface area contributed by atoms with Crippen molar-refractivity contribution in [3.63, 3.8) is 0 Å². The Balaban J connectivity index is 0.000000150. The second-order valence-electron chi connectivity index (χ2n) is 31.7. The maximum Gasteiger partial charge on any atom is 0.160 e. The van der Waals surface area contributed by atoms with E-state index < -0.39 is 0 Å². The molecule has 24 aromatic rings. The molecule has 0 radical (unpaired) electrons. The molecule has 7 heterocycles. The van der Waals surface area contributed by atoms with Gasteiger partial charge < -0.3 is 22.8 Å². The highest BCUT2D eigenvalue weighted by molar-refractivity contribution is 6.18. The van der Waals surface area contributed by atoms with Gasteiger partial charge in [-0.05, 0) is 167 Å². The highest BCUT2D eigenvalue weighted by atomic mass is 15.1. The lowest BCUT2D eigenvalue weighted by Gasteiger charge is -2.11. The zero-order chi connectivity index (χ0) is 82.7. The molecule has 0 bridgehead atoms. The van der Waals surface area contributed by atoms with Gasteiger partial charge in [-0.1, -0.05) is 322 Å². The maximum atomic E-state index is 5.07. The molecule has 0 aliphatic heterocycles. The van der Waals surface area contributed by atoms with E-state index >= 15 is 0 Å². The van der Waals surface area contributed by atoms with E-state index in [0.717, 1.165) is 107 Å². The van der Waals surface area contributed by atoms with E-state index in [-0.39, 0.29) is 0 Å². The molecule has 9 heteroatoms. The van der Waals surface area contributed by atoms with E-state index in [1.165, 1.54) is 98.2 Å². The van der Waals surface area contributed by atoms with Crippen molar-refractivity contribution in [1.29, 1.82) is 0 Å². The van der Waals surface area contributed by atoms with Gasteiger partial charge in [0, 0.05) is 106 Å². The number of fused-ring (bicyclic) bond motifs is 13. The minimum atomic E-state index is 0.671. The Morgan fingerprint density at radius 1 is 0.208 bits per heavy atom. The van der Waals surface area contributed by atoms with Crippen LogP contribution in [0, 0.1) is 0 Å². The molecule has 0 unspecified atom stereocenters. The van der Waals surface area contributed by atoms with Gasteiger partial charge in [-0.2, -0.15) is 0 Å². The first kappa shape index (κ1) is 73.3. The second-order valence-corrected chi connectivity index (χ2v) is 31.7. The van der Waals surface area contributed by atoms with Crippen molar-refractivity contribution in [2.75, 3.05) is 0 Å². The Morgan fingerprint density at radius 3 is 1.16 bits per heavy atom. The van der Waals surface area contributed by atoms with Crippen LogP contribution in [0.5, 0.6) is 0 Å². The van der Waals surface area contributed by atoms with Crippen molar-refractivity contribution in [2.45, 2.75) is 0 Å². The molecule has 0 saturated heterocycles. The summed E-state index contributed by atoms with van der Waals surface area (Å²) >= 11 is 0. The molecule has 0 atom stereocenters. The van der Waals surface area contributed by atoms with Gasteiger partial charge in [-0.3, -0.25) is 0 Å². The molecule has 0 fully saturated rings. The number of benzene rings is 17. The van der Waals surface area contributed by atoms with Gasteiger partial charge in [0.15, 0.2) is 11.6 Å². The molecule has 9 nitrogen and oxygen atoms in total. The van der Waals surface area contributed by atoms with Gasteiger partial charge in [0.2, 0.25) is 0 Å². The first-order valence-electron chi connectivity index (χ1n) is 42.4. The van der Waals surface area contributed by atoms with Crippen LogP contribution in [-0.2, 0) is 0 Å². The number of hydrogen-bond donors (Lipinski definition) is 0. The minimum Gasteiger partial charge on any atom is -0.316 e. The third-order valence-corrected chi connectivity index (χ3v) is 24.3. The topological polar surface area (TPSA) is 76.2 Å². The Bertz CT molecular complexity index is 8170. The normalized spacial score (nSPS) is 11.8. The fraction of sp³-hybridized carbons (Fsp3) is 0. The molecule has 586 valence electrons. The number of rotatable bonds is 15. The molecule has 0 aliphatic rings. The number of nitrogens with zero attached hydrogens (tertiary/aromatic N) is 9. The van der Waals surface area contributed by atoms with Crippen LogP contribution in [0.1, 0.15) is 17.0 Å². The molecule has 7 aromatic heterocycles. The fourth-order valence-corrected chi connectivity index (χ4v) is 18.4. The minimum absolute atomic E-state index is 0.671. The van der Waals surface area contributed by atoms with Crippen LogP contribution < -0.4 is 0 Å². The predicted octanol–water partition coefficient (Wildman–Crippen LogP) is 29.8. The summed E-state index contributed by atoms with van der Waals surface area (Å²) in [5.41, 5.74) is 30.9. The molecular weight excluding hydrogens is 1520 g/mol. The van der Waals surface area contributed by atoms with E-state index in [1.807, 2.05) is 54.6 Å². The Hall–Kier alpha value is -16.9. The van der Waals surface area contributed by atoms with E-state index in [4.69, 9.17) is 19.9 Å². The van der Waals surface area contributed by atoms with Crippen LogP contribution in [0.4, 0.5) is 0 Å².